The Kier molecular flexibility index (Phi) is 3.47. The minimum atomic E-state index is -0.0141. The van der Waals surface area contributed by atoms with Gasteiger partial charge in [-0.05, 0) is 69.4 Å². The van der Waals surface area contributed by atoms with Crippen LogP contribution in [0.4, 0.5) is 0 Å². The highest BCUT2D eigenvalue weighted by Gasteiger charge is 2.36. The third kappa shape index (κ3) is 2.37. The molecule has 0 saturated heterocycles. The van der Waals surface area contributed by atoms with Crippen LogP contribution in [0.15, 0.2) is 102 Å². The Balaban J connectivity index is 1.54. The van der Waals surface area contributed by atoms with Gasteiger partial charge in [-0.3, -0.25) is 0 Å². The Hall–Kier alpha value is -4.37. The van der Waals surface area contributed by atoms with Crippen LogP contribution in [0.2, 0.25) is 0 Å². The van der Waals surface area contributed by atoms with Crippen LogP contribution in [-0.2, 0) is 5.41 Å². The van der Waals surface area contributed by atoms with Crippen molar-refractivity contribution in [1.82, 2.24) is 9.55 Å². The van der Waals surface area contributed by atoms with Gasteiger partial charge in [0, 0.05) is 21.9 Å². The molecule has 0 N–H and O–H groups in total. The molecule has 166 valence electrons. The van der Waals surface area contributed by atoms with E-state index in [-0.39, 0.29) is 5.41 Å². The van der Waals surface area contributed by atoms with E-state index in [0.717, 1.165) is 16.8 Å². The molecule has 3 heteroatoms. The number of para-hydroxylation sites is 1. The lowest BCUT2D eigenvalue weighted by atomic mass is 9.82. The first-order valence-electron chi connectivity index (χ1n) is 12.1. The van der Waals surface area contributed by atoms with Crippen LogP contribution in [0, 0.1) is 0 Å². The highest BCUT2D eigenvalue weighted by molar-refractivity contribution is 6.16. The van der Waals surface area contributed by atoms with Crippen LogP contribution < -0.4 is 0 Å². The van der Waals surface area contributed by atoms with Gasteiger partial charge in [-0.2, -0.15) is 0 Å². The van der Waals surface area contributed by atoms with Crippen molar-refractivity contribution in [3.63, 3.8) is 0 Å². The average Bonchev–Trinajstić information content (AvgIpc) is 3.54. The van der Waals surface area contributed by atoms with Crippen LogP contribution in [-0.4, -0.2) is 9.55 Å². The molecule has 0 atom stereocenters. The van der Waals surface area contributed by atoms with Crippen molar-refractivity contribution in [3.8, 4) is 16.8 Å². The lowest BCUT2D eigenvalue weighted by Gasteiger charge is -2.21. The number of oxazole rings is 1. The molecular formula is C32H22N2O. The van der Waals surface area contributed by atoms with Gasteiger partial charge >= 0.3 is 0 Å². The molecule has 0 amide bonds. The Morgan fingerprint density at radius 1 is 0.714 bits per heavy atom. The maximum Gasteiger partial charge on any atom is 0.181 e. The molecule has 1 aliphatic rings. The number of hydrogen-bond acceptors (Lipinski definition) is 2. The number of benzene rings is 5. The van der Waals surface area contributed by atoms with Crippen molar-refractivity contribution in [2.45, 2.75) is 19.3 Å². The van der Waals surface area contributed by atoms with Crippen LogP contribution in [0.3, 0.4) is 0 Å². The summed E-state index contributed by atoms with van der Waals surface area (Å²) in [5.41, 5.74) is 10.7. The molecule has 8 rings (SSSR count). The summed E-state index contributed by atoms with van der Waals surface area (Å²) in [7, 11) is 0. The van der Waals surface area contributed by atoms with E-state index >= 15 is 0 Å². The minimum Gasteiger partial charge on any atom is -0.443 e. The van der Waals surface area contributed by atoms with Gasteiger partial charge < -0.3 is 8.98 Å². The zero-order valence-electron chi connectivity index (χ0n) is 19.5. The summed E-state index contributed by atoms with van der Waals surface area (Å²) in [5, 5.41) is 5.10. The van der Waals surface area contributed by atoms with Crippen molar-refractivity contribution in [1.29, 1.82) is 0 Å². The predicted octanol–water partition coefficient (Wildman–Crippen LogP) is 8.38. The molecule has 0 spiro atoms. The van der Waals surface area contributed by atoms with Gasteiger partial charge in [0.1, 0.15) is 5.52 Å². The van der Waals surface area contributed by atoms with E-state index in [9.17, 15) is 0 Å². The van der Waals surface area contributed by atoms with E-state index < -0.39 is 0 Å². The molecule has 35 heavy (non-hydrogen) atoms. The second-order valence-corrected chi connectivity index (χ2v) is 10.1. The Morgan fingerprint density at radius 3 is 2.51 bits per heavy atom. The van der Waals surface area contributed by atoms with Gasteiger partial charge in [0.05, 0.1) is 11.0 Å². The molecule has 2 heterocycles. The van der Waals surface area contributed by atoms with E-state index in [2.05, 4.69) is 108 Å². The molecule has 7 aromatic rings. The summed E-state index contributed by atoms with van der Waals surface area (Å²) in [6, 6.07) is 33.2. The van der Waals surface area contributed by atoms with Crippen molar-refractivity contribution >= 4 is 43.7 Å². The highest BCUT2D eigenvalue weighted by Crippen LogP contribution is 2.51. The number of rotatable bonds is 1. The molecule has 0 bridgehead atoms. The Labute approximate surface area is 202 Å². The van der Waals surface area contributed by atoms with Crippen molar-refractivity contribution in [2.75, 3.05) is 0 Å². The molecule has 3 nitrogen and oxygen atoms in total. The second-order valence-electron chi connectivity index (χ2n) is 10.1. The average molecular weight is 451 g/mol. The number of nitrogens with zero attached hydrogens (tertiary/aromatic N) is 2. The summed E-state index contributed by atoms with van der Waals surface area (Å²) in [6.07, 6.45) is 1.51. The van der Waals surface area contributed by atoms with Gasteiger partial charge in [-0.25, -0.2) is 4.98 Å². The van der Waals surface area contributed by atoms with E-state index in [1.807, 2.05) is 6.07 Å². The highest BCUT2D eigenvalue weighted by atomic mass is 16.3. The first-order valence-corrected chi connectivity index (χ1v) is 12.1. The quantitative estimate of drug-likeness (QED) is 0.251. The van der Waals surface area contributed by atoms with Gasteiger partial charge in [0.25, 0.3) is 0 Å². The third-order valence-corrected chi connectivity index (χ3v) is 7.93. The molecule has 5 aromatic carbocycles. The fraction of sp³-hybridized carbons (Fsp3) is 0.0938. The van der Waals surface area contributed by atoms with E-state index in [1.54, 1.807) is 0 Å². The summed E-state index contributed by atoms with van der Waals surface area (Å²) >= 11 is 0. The topological polar surface area (TPSA) is 31.0 Å². The monoisotopic (exact) mass is 450 g/mol. The molecule has 2 aromatic heterocycles. The summed E-state index contributed by atoms with van der Waals surface area (Å²) < 4.78 is 7.87. The Morgan fingerprint density at radius 2 is 1.57 bits per heavy atom. The first kappa shape index (κ1) is 19.0. The van der Waals surface area contributed by atoms with E-state index in [0.29, 0.717) is 0 Å². The summed E-state index contributed by atoms with van der Waals surface area (Å²) in [5.74, 6) is 0. The fourth-order valence-corrected chi connectivity index (χ4v) is 6.25. The van der Waals surface area contributed by atoms with Crippen molar-refractivity contribution in [3.05, 3.63) is 109 Å². The van der Waals surface area contributed by atoms with Crippen LogP contribution in [0.1, 0.15) is 25.0 Å². The number of hydrogen-bond donors (Lipinski definition) is 0. The summed E-state index contributed by atoms with van der Waals surface area (Å²) in [4.78, 5) is 4.41. The SMILES string of the molecule is CC1(C)c2ccccc2-c2c1ccc1cc3c4ccccc4n(-c4ccc5ocnc5c4)c3cc21. The lowest BCUT2D eigenvalue weighted by Crippen LogP contribution is -2.14. The van der Waals surface area contributed by atoms with E-state index in [1.165, 1.54) is 61.2 Å². The minimum absolute atomic E-state index is 0.0141. The summed E-state index contributed by atoms with van der Waals surface area (Å²) in [6.45, 7) is 4.68. The van der Waals surface area contributed by atoms with Crippen molar-refractivity contribution in [2.24, 2.45) is 0 Å². The zero-order valence-corrected chi connectivity index (χ0v) is 19.5. The standard InChI is InChI=1S/C32H22N2O/c1-32(2)25-9-5-3-8-22(25)31-23-17-29-24(15-19(23)11-13-26(31)32)21-7-4-6-10-28(21)34(29)20-12-14-30-27(16-20)33-18-35-30/h3-18H,1-2H3. The van der Waals surface area contributed by atoms with Crippen molar-refractivity contribution < 1.29 is 4.42 Å². The molecule has 0 aliphatic heterocycles. The number of aromatic nitrogens is 2. The first-order chi connectivity index (χ1) is 17.1. The second kappa shape index (κ2) is 6.39. The van der Waals surface area contributed by atoms with Crippen LogP contribution in [0.5, 0.6) is 0 Å². The lowest BCUT2D eigenvalue weighted by molar-refractivity contribution is 0.602. The maximum atomic E-state index is 5.51. The molecule has 0 radical (unpaired) electrons. The van der Waals surface area contributed by atoms with Gasteiger partial charge in [-0.1, -0.05) is 68.4 Å². The van der Waals surface area contributed by atoms with E-state index in [4.69, 9.17) is 4.42 Å². The normalized spacial score (nSPS) is 14.2. The zero-order chi connectivity index (χ0) is 23.3. The molecule has 0 saturated carbocycles. The molecule has 0 fully saturated rings. The largest absolute Gasteiger partial charge is 0.443 e. The Bertz CT molecular complexity index is 1990. The van der Waals surface area contributed by atoms with Gasteiger partial charge in [0.15, 0.2) is 12.0 Å². The molecular weight excluding hydrogens is 428 g/mol. The van der Waals surface area contributed by atoms with Crippen LogP contribution >= 0.6 is 0 Å². The molecule has 0 unspecified atom stereocenters. The fourth-order valence-electron chi connectivity index (χ4n) is 6.25. The maximum absolute atomic E-state index is 5.51. The molecule has 1 aliphatic carbocycles. The number of fused-ring (bicyclic) bond motifs is 9. The van der Waals surface area contributed by atoms with Crippen LogP contribution in [0.25, 0.3) is 60.5 Å². The van der Waals surface area contributed by atoms with Gasteiger partial charge in [-0.15, -0.1) is 0 Å². The smallest absolute Gasteiger partial charge is 0.181 e. The predicted molar refractivity (Wildman–Crippen MR) is 143 cm³/mol. The van der Waals surface area contributed by atoms with Gasteiger partial charge in [0.2, 0.25) is 0 Å². The third-order valence-electron chi connectivity index (χ3n) is 7.93.